The van der Waals surface area contributed by atoms with Gasteiger partial charge in [-0.05, 0) is 53.7 Å². The lowest BCUT2D eigenvalue weighted by atomic mass is 10.1. The quantitative estimate of drug-likeness (QED) is 0.771. The molecule has 0 saturated carbocycles. The maximum atomic E-state index is 4.35. The summed E-state index contributed by atoms with van der Waals surface area (Å²) in [4.78, 5) is 4.35. The van der Waals surface area contributed by atoms with E-state index < -0.39 is 0 Å². The Bertz CT molecular complexity index is 258. The first-order valence-electron chi connectivity index (χ1n) is 4.13. The first kappa shape index (κ1) is 9.72. The van der Waals surface area contributed by atoms with E-state index in [1.807, 2.05) is 6.20 Å². The van der Waals surface area contributed by atoms with Gasteiger partial charge in [-0.15, -0.1) is 0 Å². The van der Waals surface area contributed by atoms with E-state index in [9.17, 15) is 0 Å². The maximum absolute atomic E-state index is 4.35. The van der Waals surface area contributed by atoms with E-state index in [4.69, 9.17) is 0 Å². The standard InChI is InChI=1S/C10H13BrN/c1-3-4-5-10-8(2)6-9(11)7-12-10/h3,6-7H,4-5H2,1-2H3. The fraction of sp³-hybridized carbons (Fsp3) is 0.400. The number of hydrogen-bond donors (Lipinski definition) is 0. The Morgan fingerprint density at radius 3 is 2.92 bits per heavy atom. The second kappa shape index (κ2) is 4.61. The van der Waals surface area contributed by atoms with Crippen molar-refractivity contribution in [2.24, 2.45) is 0 Å². The molecular weight excluding hydrogens is 214 g/mol. The van der Waals surface area contributed by atoms with Crippen LogP contribution in [0.1, 0.15) is 24.6 Å². The molecule has 0 aromatic carbocycles. The topological polar surface area (TPSA) is 12.9 Å². The van der Waals surface area contributed by atoms with Crippen LogP contribution in [0.25, 0.3) is 0 Å². The molecule has 0 spiro atoms. The molecule has 1 radical (unpaired) electrons. The van der Waals surface area contributed by atoms with Crippen LogP contribution in [0.5, 0.6) is 0 Å². The Kier molecular flexibility index (Phi) is 3.73. The number of unbranched alkanes of at least 4 members (excludes halogenated alkanes) is 1. The smallest absolute Gasteiger partial charge is 0.0433 e. The van der Waals surface area contributed by atoms with Gasteiger partial charge < -0.3 is 0 Å². The second-order valence-electron chi connectivity index (χ2n) is 2.86. The summed E-state index contributed by atoms with van der Waals surface area (Å²) in [6, 6.07) is 2.11. The number of pyridine rings is 1. The van der Waals surface area contributed by atoms with Crippen LogP contribution in [-0.2, 0) is 6.42 Å². The highest BCUT2D eigenvalue weighted by molar-refractivity contribution is 9.10. The molecule has 12 heavy (non-hydrogen) atoms. The van der Waals surface area contributed by atoms with Gasteiger partial charge in [0.05, 0.1) is 0 Å². The lowest BCUT2D eigenvalue weighted by Crippen LogP contribution is -1.93. The molecule has 2 heteroatoms. The zero-order valence-electron chi connectivity index (χ0n) is 7.47. The Labute approximate surface area is 82.3 Å². The molecule has 0 amide bonds. The first-order valence-corrected chi connectivity index (χ1v) is 4.92. The van der Waals surface area contributed by atoms with Gasteiger partial charge in [-0.3, -0.25) is 4.98 Å². The van der Waals surface area contributed by atoms with Crippen molar-refractivity contribution in [2.75, 3.05) is 0 Å². The lowest BCUT2D eigenvalue weighted by molar-refractivity contribution is 0.882. The number of nitrogens with zero attached hydrogens (tertiary/aromatic N) is 1. The monoisotopic (exact) mass is 226 g/mol. The highest BCUT2D eigenvalue weighted by Crippen LogP contribution is 2.14. The summed E-state index contributed by atoms with van der Waals surface area (Å²) in [5, 5.41) is 0. The molecule has 0 aliphatic carbocycles. The molecule has 0 aliphatic rings. The molecule has 0 atom stereocenters. The molecule has 0 fully saturated rings. The van der Waals surface area contributed by atoms with E-state index in [-0.39, 0.29) is 0 Å². The molecule has 0 N–H and O–H groups in total. The SMILES string of the molecule is C[CH]CCc1ncc(Br)cc1C. The molecule has 1 aromatic heterocycles. The van der Waals surface area contributed by atoms with Crippen LogP contribution >= 0.6 is 15.9 Å². The fourth-order valence-electron chi connectivity index (χ4n) is 1.11. The summed E-state index contributed by atoms with van der Waals surface area (Å²) in [6.45, 7) is 4.18. The minimum absolute atomic E-state index is 1.05. The molecule has 1 aromatic rings. The zero-order valence-corrected chi connectivity index (χ0v) is 9.06. The lowest BCUT2D eigenvalue weighted by Gasteiger charge is -2.03. The van der Waals surface area contributed by atoms with Crippen LogP contribution < -0.4 is 0 Å². The number of aromatic nitrogens is 1. The summed E-state index contributed by atoms with van der Waals surface area (Å²) < 4.78 is 1.06. The number of aryl methyl sites for hydroxylation is 2. The predicted molar refractivity (Wildman–Crippen MR) is 55.0 cm³/mol. The van der Waals surface area contributed by atoms with Gasteiger partial charge in [0.25, 0.3) is 0 Å². The van der Waals surface area contributed by atoms with E-state index in [0.717, 1.165) is 17.3 Å². The highest BCUT2D eigenvalue weighted by atomic mass is 79.9. The summed E-state index contributed by atoms with van der Waals surface area (Å²) in [7, 11) is 0. The normalized spacial score (nSPS) is 10.2. The van der Waals surface area contributed by atoms with Crippen molar-refractivity contribution >= 4 is 15.9 Å². The molecule has 65 valence electrons. The van der Waals surface area contributed by atoms with Gasteiger partial charge in [0.1, 0.15) is 0 Å². The Morgan fingerprint density at radius 1 is 1.58 bits per heavy atom. The van der Waals surface area contributed by atoms with Crippen LogP contribution in [0.4, 0.5) is 0 Å². The van der Waals surface area contributed by atoms with Gasteiger partial charge >= 0.3 is 0 Å². The largest absolute Gasteiger partial charge is 0.260 e. The summed E-state index contributed by atoms with van der Waals surface area (Å²) in [6.07, 6.45) is 6.19. The summed E-state index contributed by atoms with van der Waals surface area (Å²) in [5.41, 5.74) is 2.47. The third kappa shape index (κ3) is 2.59. The third-order valence-corrected chi connectivity index (χ3v) is 2.26. The minimum Gasteiger partial charge on any atom is -0.260 e. The Hall–Kier alpha value is -0.370. The van der Waals surface area contributed by atoms with Crippen molar-refractivity contribution in [3.63, 3.8) is 0 Å². The van der Waals surface area contributed by atoms with Gasteiger partial charge in [0.15, 0.2) is 0 Å². The van der Waals surface area contributed by atoms with Crippen LogP contribution in [0.3, 0.4) is 0 Å². The molecule has 1 nitrogen and oxygen atoms in total. The van der Waals surface area contributed by atoms with Crippen molar-refractivity contribution in [2.45, 2.75) is 26.7 Å². The number of halogens is 1. The van der Waals surface area contributed by atoms with Gasteiger partial charge in [-0.25, -0.2) is 0 Å². The zero-order chi connectivity index (χ0) is 8.97. The molecule has 0 saturated heterocycles. The minimum atomic E-state index is 1.05. The molecular formula is C10H13BrN. The molecule has 0 bridgehead atoms. The van der Waals surface area contributed by atoms with Gasteiger partial charge in [-0.2, -0.15) is 0 Å². The molecule has 0 aliphatic heterocycles. The van der Waals surface area contributed by atoms with E-state index in [1.54, 1.807) is 0 Å². The van der Waals surface area contributed by atoms with Crippen molar-refractivity contribution in [3.8, 4) is 0 Å². The average Bonchev–Trinajstić information content (AvgIpc) is 2.03. The van der Waals surface area contributed by atoms with Gasteiger partial charge in [0, 0.05) is 16.4 Å². The van der Waals surface area contributed by atoms with Crippen LogP contribution in [0.2, 0.25) is 0 Å². The third-order valence-electron chi connectivity index (χ3n) is 1.82. The van der Waals surface area contributed by atoms with E-state index in [0.29, 0.717) is 0 Å². The van der Waals surface area contributed by atoms with E-state index >= 15 is 0 Å². The highest BCUT2D eigenvalue weighted by Gasteiger charge is 1.99. The predicted octanol–water partition coefficient (Wildman–Crippen LogP) is 3.31. The first-order chi connectivity index (χ1) is 5.74. The Morgan fingerprint density at radius 2 is 2.33 bits per heavy atom. The Balaban J connectivity index is 2.72. The summed E-state index contributed by atoms with van der Waals surface area (Å²) in [5.74, 6) is 0. The van der Waals surface area contributed by atoms with Crippen molar-refractivity contribution < 1.29 is 0 Å². The molecule has 1 heterocycles. The number of rotatable bonds is 3. The molecule has 1 rings (SSSR count). The van der Waals surface area contributed by atoms with Crippen LogP contribution in [0, 0.1) is 13.3 Å². The van der Waals surface area contributed by atoms with Crippen molar-refractivity contribution in [3.05, 3.63) is 34.4 Å². The maximum Gasteiger partial charge on any atom is 0.0433 e. The van der Waals surface area contributed by atoms with Crippen LogP contribution in [-0.4, -0.2) is 4.98 Å². The van der Waals surface area contributed by atoms with Gasteiger partial charge in [0.2, 0.25) is 0 Å². The second-order valence-corrected chi connectivity index (χ2v) is 3.78. The molecule has 0 unspecified atom stereocenters. The average molecular weight is 227 g/mol. The van der Waals surface area contributed by atoms with Crippen LogP contribution in [0.15, 0.2) is 16.7 Å². The fourth-order valence-corrected chi connectivity index (χ4v) is 1.56. The summed E-state index contributed by atoms with van der Waals surface area (Å²) >= 11 is 3.39. The van der Waals surface area contributed by atoms with E-state index in [2.05, 4.69) is 47.2 Å². The number of hydrogen-bond acceptors (Lipinski definition) is 1. The van der Waals surface area contributed by atoms with E-state index in [1.165, 1.54) is 11.3 Å². The van der Waals surface area contributed by atoms with Crippen molar-refractivity contribution in [1.29, 1.82) is 0 Å². The van der Waals surface area contributed by atoms with Gasteiger partial charge in [-0.1, -0.05) is 6.92 Å². The van der Waals surface area contributed by atoms with Crippen molar-refractivity contribution in [1.82, 2.24) is 4.98 Å².